The average Bonchev–Trinajstić information content (AvgIpc) is 2.66. The fourth-order valence-corrected chi connectivity index (χ4v) is 1.25. The Morgan fingerprint density at radius 1 is 1.42 bits per heavy atom. The van der Waals surface area contributed by atoms with Crippen molar-refractivity contribution in [3.63, 3.8) is 0 Å². The van der Waals surface area contributed by atoms with Crippen LogP contribution in [-0.4, -0.2) is 8.07 Å². The molecule has 12 heavy (non-hydrogen) atoms. The lowest BCUT2D eigenvalue weighted by Gasteiger charge is -2.02. The molecular formula is C10H15FSi. The maximum absolute atomic E-state index is 12.9. The maximum Gasteiger partial charge on any atom is 0.168 e. The first-order valence-electron chi connectivity index (χ1n) is 4.38. The molecule has 0 nitrogen and oxygen atoms in total. The first-order valence-corrected chi connectivity index (χ1v) is 7.88. The lowest BCUT2D eigenvalue weighted by molar-refractivity contribution is 0.667. The highest BCUT2D eigenvalue weighted by Crippen LogP contribution is 2.31. The Kier molecular flexibility index (Phi) is 2.74. The lowest BCUT2D eigenvalue weighted by atomic mass is 10.3. The minimum Gasteiger partial charge on any atom is -0.197 e. The summed E-state index contributed by atoms with van der Waals surface area (Å²) in [6.07, 6.45) is 3.94. The van der Waals surface area contributed by atoms with Crippen LogP contribution in [0.1, 0.15) is 12.8 Å². The van der Waals surface area contributed by atoms with Crippen molar-refractivity contribution >= 4 is 8.07 Å². The molecule has 0 aromatic rings. The summed E-state index contributed by atoms with van der Waals surface area (Å²) < 4.78 is 12.9. The van der Waals surface area contributed by atoms with Gasteiger partial charge in [-0.2, -0.15) is 4.39 Å². The van der Waals surface area contributed by atoms with Crippen LogP contribution in [0.2, 0.25) is 19.6 Å². The third-order valence-corrected chi connectivity index (χ3v) is 2.44. The van der Waals surface area contributed by atoms with E-state index in [4.69, 9.17) is 0 Å². The monoisotopic (exact) mass is 182 g/mol. The second kappa shape index (κ2) is 3.45. The highest BCUT2D eigenvalue weighted by Gasteiger charge is 2.19. The van der Waals surface area contributed by atoms with Gasteiger partial charge in [-0.15, -0.1) is 5.54 Å². The molecule has 66 valence electrons. The van der Waals surface area contributed by atoms with E-state index in [1.54, 1.807) is 6.08 Å². The van der Waals surface area contributed by atoms with Crippen LogP contribution in [-0.2, 0) is 0 Å². The van der Waals surface area contributed by atoms with Gasteiger partial charge in [0.1, 0.15) is 8.07 Å². The molecule has 1 aliphatic carbocycles. The Morgan fingerprint density at radius 3 is 2.42 bits per heavy atom. The SMILES string of the molecule is C[Si](C)(C)C#C/C(F)=C/C1CC1. The van der Waals surface area contributed by atoms with Crippen molar-refractivity contribution in [1.82, 2.24) is 0 Å². The van der Waals surface area contributed by atoms with Crippen LogP contribution in [0.25, 0.3) is 0 Å². The number of halogens is 1. The zero-order valence-electron chi connectivity index (χ0n) is 7.95. The van der Waals surface area contributed by atoms with Gasteiger partial charge in [0.25, 0.3) is 0 Å². The number of rotatable bonds is 1. The van der Waals surface area contributed by atoms with E-state index in [0.29, 0.717) is 5.92 Å². The molecule has 0 heterocycles. The molecule has 0 unspecified atom stereocenters. The molecule has 0 atom stereocenters. The molecule has 0 amide bonds. The molecule has 0 saturated heterocycles. The van der Waals surface area contributed by atoms with Gasteiger partial charge < -0.3 is 0 Å². The number of hydrogen-bond acceptors (Lipinski definition) is 0. The Hall–Kier alpha value is -0.553. The van der Waals surface area contributed by atoms with E-state index in [1.165, 1.54) is 0 Å². The predicted octanol–water partition coefficient (Wildman–Crippen LogP) is 3.13. The second-order valence-electron chi connectivity index (χ2n) is 4.35. The number of hydrogen-bond donors (Lipinski definition) is 0. The minimum atomic E-state index is -1.39. The molecule has 1 rings (SSSR count). The van der Waals surface area contributed by atoms with Crippen LogP contribution in [0.4, 0.5) is 4.39 Å². The van der Waals surface area contributed by atoms with Crippen molar-refractivity contribution in [2.24, 2.45) is 5.92 Å². The highest BCUT2D eigenvalue weighted by molar-refractivity contribution is 6.83. The zero-order valence-corrected chi connectivity index (χ0v) is 8.95. The second-order valence-corrected chi connectivity index (χ2v) is 9.10. The smallest absolute Gasteiger partial charge is 0.168 e. The number of allylic oxidation sites excluding steroid dienone is 2. The van der Waals surface area contributed by atoms with E-state index >= 15 is 0 Å². The fourth-order valence-electron chi connectivity index (χ4n) is 0.759. The van der Waals surface area contributed by atoms with Gasteiger partial charge in [0.05, 0.1) is 0 Å². The Balaban J connectivity index is 2.51. The summed E-state index contributed by atoms with van der Waals surface area (Å²) in [6, 6.07) is 0. The summed E-state index contributed by atoms with van der Waals surface area (Å²) in [5.74, 6) is 2.86. The largest absolute Gasteiger partial charge is 0.197 e. The zero-order chi connectivity index (χ0) is 9.19. The standard InChI is InChI=1S/C10H15FSi/c1-12(2,3)7-6-10(11)8-9-4-5-9/h8-9H,4-5H2,1-3H3/b10-8-. The van der Waals surface area contributed by atoms with Gasteiger partial charge in [-0.3, -0.25) is 0 Å². The van der Waals surface area contributed by atoms with E-state index in [0.717, 1.165) is 12.8 Å². The molecule has 0 bridgehead atoms. The van der Waals surface area contributed by atoms with Crippen LogP contribution >= 0.6 is 0 Å². The van der Waals surface area contributed by atoms with Gasteiger partial charge >= 0.3 is 0 Å². The van der Waals surface area contributed by atoms with Crippen LogP contribution in [0.3, 0.4) is 0 Å². The normalized spacial score (nSPS) is 18.5. The van der Waals surface area contributed by atoms with Crippen molar-refractivity contribution in [1.29, 1.82) is 0 Å². The van der Waals surface area contributed by atoms with Crippen molar-refractivity contribution in [2.45, 2.75) is 32.5 Å². The maximum atomic E-state index is 12.9. The van der Waals surface area contributed by atoms with E-state index in [2.05, 4.69) is 31.1 Å². The van der Waals surface area contributed by atoms with Gasteiger partial charge in [0.15, 0.2) is 5.83 Å². The molecule has 0 radical (unpaired) electrons. The quantitative estimate of drug-likeness (QED) is 0.432. The van der Waals surface area contributed by atoms with Crippen molar-refractivity contribution < 1.29 is 4.39 Å². The van der Waals surface area contributed by atoms with Gasteiger partial charge in [-0.1, -0.05) is 19.6 Å². The highest BCUT2D eigenvalue weighted by atomic mass is 28.3. The Morgan fingerprint density at radius 2 is 2.00 bits per heavy atom. The molecule has 1 fully saturated rings. The van der Waals surface area contributed by atoms with Crippen LogP contribution in [0.15, 0.2) is 11.9 Å². The van der Waals surface area contributed by atoms with E-state index in [1.807, 2.05) is 0 Å². The molecule has 0 spiro atoms. The summed E-state index contributed by atoms with van der Waals surface area (Å²) in [5.41, 5.74) is 3.00. The van der Waals surface area contributed by atoms with Crippen LogP contribution in [0.5, 0.6) is 0 Å². The van der Waals surface area contributed by atoms with Crippen molar-refractivity contribution in [2.75, 3.05) is 0 Å². The summed E-state index contributed by atoms with van der Waals surface area (Å²) in [5, 5.41) is 0. The lowest BCUT2D eigenvalue weighted by Crippen LogP contribution is -2.16. The molecule has 0 aromatic carbocycles. The summed E-state index contributed by atoms with van der Waals surface area (Å²) in [4.78, 5) is 0. The molecule has 0 aromatic heterocycles. The first kappa shape index (κ1) is 9.53. The van der Waals surface area contributed by atoms with Crippen molar-refractivity contribution in [3.05, 3.63) is 11.9 Å². The van der Waals surface area contributed by atoms with E-state index in [9.17, 15) is 4.39 Å². The molecule has 0 N–H and O–H groups in total. The molecule has 0 aliphatic heterocycles. The van der Waals surface area contributed by atoms with Gasteiger partial charge in [0, 0.05) is 0 Å². The molecule has 1 aliphatic rings. The fraction of sp³-hybridized carbons (Fsp3) is 0.600. The van der Waals surface area contributed by atoms with Gasteiger partial charge in [0.2, 0.25) is 0 Å². The third kappa shape index (κ3) is 4.35. The van der Waals surface area contributed by atoms with Crippen molar-refractivity contribution in [3.8, 4) is 11.5 Å². The summed E-state index contributed by atoms with van der Waals surface area (Å²) in [6.45, 7) is 6.35. The Bertz CT molecular complexity index is 245. The van der Waals surface area contributed by atoms with Gasteiger partial charge in [-0.05, 0) is 30.8 Å². The molecular weight excluding hydrogens is 167 g/mol. The van der Waals surface area contributed by atoms with Gasteiger partial charge in [-0.25, -0.2) is 0 Å². The molecule has 2 heteroatoms. The summed E-state index contributed by atoms with van der Waals surface area (Å²) >= 11 is 0. The van der Waals surface area contributed by atoms with Crippen LogP contribution < -0.4 is 0 Å². The average molecular weight is 182 g/mol. The topological polar surface area (TPSA) is 0 Å². The predicted molar refractivity (Wildman–Crippen MR) is 53.0 cm³/mol. The first-order chi connectivity index (χ1) is 5.47. The Labute approximate surface area is 74.9 Å². The summed E-state index contributed by atoms with van der Waals surface area (Å²) in [7, 11) is -1.39. The minimum absolute atomic E-state index is 0.222. The molecule has 1 saturated carbocycles. The van der Waals surface area contributed by atoms with E-state index < -0.39 is 8.07 Å². The van der Waals surface area contributed by atoms with E-state index in [-0.39, 0.29) is 5.83 Å². The van der Waals surface area contributed by atoms with Crippen LogP contribution in [0, 0.1) is 17.4 Å². The third-order valence-electron chi connectivity index (χ3n) is 1.56.